The predicted molar refractivity (Wildman–Crippen MR) is 71.7 cm³/mol. The number of esters is 1. The summed E-state index contributed by atoms with van der Waals surface area (Å²) in [5, 5.41) is 0. The normalized spacial score (nSPS) is 16.1. The number of carbonyl (C=O) groups excluding carboxylic acids is 3. The van der Waals surface area contributed by atoms with E-state index in [1.165, 1.54) is 6.42 Å². The number of ketones is 2. The average Bonchev–Trinajstić information content (AvgIpc) is 2.44. The van der Waals surface area contributed by atoms with Gasteiger partial charge in [0.25, 0.3) is 0 Å². The lowest BCUT2D eigenvalue weighted by atomic mass is 9.84. The molecule has 0 saturated heterocycles. The molecule has 1 aliphatic carbocycles. The Balaban J connectivity index is 2.15. The minimum Gasteiger partial charge on any atom is -0.466 e. The molecule has 0 heterocycles. The summed E-state index contributed by atoms with van der Waals surface area (Å²) in [6.45, 7) is 2.08. The third-order valence-corrected chi connectivity index (χ3v) is 3.62. The van der Waals surface area contributed by atoms with E-state index in [1.54, 1.807) is 6.92 Å². The SMILES string of the molecule is CCOC(=O)CCC(=O)CCC(=O)C1CCCCC1. The van der Waals surface area contributed by atoms with Gasteiger partial charge in [0.1, 0.15) is 11.6 Å². The monoisotopic (exact) mass is 268 g/mol. The van der Waals surface area contributed by atoms with Gasteiger partial charge in [-0.1, -0.05) is 19.3 Å². The van der Waals surface area contributed by atoms with Gasteiger partial charge in [-0.15, -0.1) is 0 Å². The molecule has 0 spiro atoms. The van der Waals surface area contributed by atoms with Crippen LogP contribution in [0, 0.1) is 5.92 Å². The smallest absolute Gasteiger partial charge is 0.306 e. The van der Waals surface area contributed by atoms with Crippen molar-refractivity contribution in [1.29, 1.82) is 0 Å². The summed E-state index contributed by atoms with van der Waals surface area (Å²) in [6.07, 6.45) is 6.39. The number of hydrogen-bond donors (Lipinski definition) is 0. The summed E-state index contributed by atoms with van der Waals surface area (Å²) >= 11 is 0. The maximum atomic E-state index is 11.9. The second kappa shape index (κ2) is 8.83. The van der Waals surface area contributed by atoms with Gasteiger partial charge in [-0.05, 0) is 19.8 Å². The molecule has 0 aromatic carbocycles. The van der Waals surface area contributed by atoms with E-state index >= 15 is 0 Å². The van der Waals surface area contributed by atoms with Gasteiger partial charge in [-0.3, -0.25) is 14.4 Å². The van der Waals surface area contributed by atoms with Gasteiger partial charge in [0.15, 0.2) is 0 Å². The molecule has 0 atom stereocenters. The molecule has 4 nitrogen and oxygen atoms in total. The largest absolute Gasteiger partial charge is 0.466 e. The van der Waals surface area contributed by atoms with Gasteiger partial charge < -0.3 is 4.74 Å². The fraction of sp³-hybridized carbons (Fsp3) is 0.800. The highest BCUT2D eigenvalue weighted by atomic mass is 16.5. The van der Waals surface area contributed by atoms with Crippen LogP contribution < -0.4 is 0 Å². The Hall–Kier alpha value is -1.19. The van der Waals surface area contributed by atoms with Crippen LogP contribution in [0.5, 0.6) is 0 Å². The van der Waals surface area contributed by atoms with Crippen LogP contribution in [-0.2, 0) is 19.1 Å². The molecule has 0 bridgehead atoms. The molecule has 0 aromatic heterocycles. The van der Waals surface area contributed by atoms with Crippen LogP contribution in [0.3, 0.4) is 0 Å². The molecule has 0 amide bonds. The summed E-state index contributed by atoms with van der Waals surface area (Å²) in [4.78, 5) is 34.6. The number of rotatable bonds is 8. The Morgan fingerprint density at radius 1 is 0.947 bits per heavy atom. The Morgan fingerprint density at radius 2 is 1.58 bits per heavy atom. The van der Waals surface area contributed by atoms with Crippen molar-refractivity contribution in [3.63, 3.8) is 0 Å². The van der Waals surface area contributed by atoms with Crippen molar-refractivity contribution in [1.82, 2.24) is 0 Å². The molecular weight excluding hydrogens is 244 g/mol. The number of ether oxygens (including phenoxy) is 1. The zero-order chi connectivity index (χ0) is 14.1. The molecule has 0 N–H and O–H groups in total. The van der Waals surface area contributed by atoms with E-state index in [-0.39, 0.29) is 42.7 Å². The molecule has 1 fully saturated rings. The van der Waals surface area contributed by atoms with E-state index in [2.05, 4.69) is 0 Å². The second-order valence-corrected chi connectivity index (χ2v) is 5.14. The van der Waals surface area contributed by atoms with Gasteiger partial charge in [-0.2, -0.15) is 0 Å². The number of hydrogen-bond acceptors (Lipinski definition) is 4. The fourth-order valence-corrected chi connectivity index (χ4v) is 2.49. The average molecular weight is 268 g/mol. The predicted octanol–water partition coefficient (Wildman–Crippen LogP) is 2.83. The third kappa shape index (κ3) is 6.50. The molecule has 1 rings (SSSR count). The van der Waals surface area contributed by atoms with Crippen molar-refractivity contribution in [2.24, 2.45) is 5.92 Å². The van der Waals surface area contributed by atoms with E-state index in [4.69, 9.17) is 4.74 Å². The van der Waals surface area contributed by atoms with Crippen LogP contribution >= 0.6 is 0 Å². The lowest BCUT2D eigenvalue weighted by molar-refractivity contribution is -0.144. The fourth-order valence-electron chi connectivity index (χ4n) is 2.49. The molecule has 0 unspecified atom stereocenters. The van der Waals surface area contributed by atoms with E-state index < -0.39 is 0 Å². The molecule has 0 radical (unpaired) electrons. The maximum Gasteiger partial charge on any atom is 0.306 e. The van der Waals surface area contributed by atoms with Crippen molar-refractivity contribution >= 4 is 17.5 Å². The molecule has 1 saturated carbocycles. The minimum atomic E-state index is -0.338. The highest BCUT2D eigenvalue weighted by Gasteiger charge is 2.21. The van der Waals surface area contributed by atoms with Gasteiger partial charge >= 0.3 is 5.97 Å². The molecule has 1 aliphatic rings. The van der Waals surface area contributed by atoms with Crippen LogP contribution in [0.15, 0.2) is 0 Å². The van der Waals surface area contributed by atoms with E-state index in [0.29, 0.717) is 13.0 Å². The Bertz CT molecular complexity index is 316. The first-order valence-electron chi connectivity index (χ1n) is 7.33. The van der Waals surface area contributed by atoms with Crippen LogP contribution in [-0.4, -0.2) is 24.1 Å². The summed E-state index contributed by atoms with van der Waals surface area (Å²) in [6, 6.07) is 0. The van der Waals surface area contributed by atoms with Crippen molar-refractivity contribution in [2.75, 3.05) is 6.61 Å². The van der Waals surface area contributed by atoms with Gasteiger partial charge in [-0.25, -0.2) is 0 Å². The standard InChI is InChI=1S/C15H24O4/c1-2-19-15(18)11-9-13(16)8-10-14(17)12-6-4-3-5-7-12/h12H,2-11H2,1H3. The first kappa shape index (κ1) is 15.9. The second-order valence-electron chi connectivity index (χ2n) is 5.14. The molecule has 0 aliphatic heterocycles. The summed E-state index contributed by atoms with van der Waals surface area (Å²) < 4.78 is 4.75. The zero-order valence-electron chi connectivity index (χ0n) is 11.8. The van der Waals surface area contributed by atoms with Crippen LogP contribution in [0.1, 0.15) is 64.7 Å². The summed E-state index contributed by atoms with van der Waals surface area (Å²) in [5.74, 6) is 0.0439. The van der Waals surface area contributed by atoms with E-state index in [9.17, 15) is 14.4 Å². The first-order valence-corrected chi connectivity index (χ1v) is 7.33. The van der Waals surface area contributed by atoms with Gasteiger partial charge in [0.05, 0.1) is 13.0 Å². The lowest BCUT2D eigenvalue weighted by Crippen LogP contribution is -2.18. The van der Waals surface area contributed by atoms with Crippen molar-refractivity contribution in [3.05, 3.63) is 0 Å². The zero-order valence-corrected chi connectivity index (χ0v) is 11.8. The molecule has 19 heavy (non-hydrogen) atoms. The maximum absolute atomic E-state index is 11.9. The highest BCUT2D eigenvalue weighted by molar-refractivity contribution is 5.88. The molecule has 4 heteroatoms. The van der Waals surface area contributed by atoms with Crippen LogP contribution in [0.4, 0.5) is 0 Å². The Labute approximate surface area is 114 Å². The quantitative estimate of drug-likeness (QED) is 0.635. The van der Waals surface area contributed by atoms with Crippen LogP contribution in [0.2, 0.25) is 0 Å². The molecule has 108 valence electrons. The minimum absolute atomic E-state index is 0.0165. The van der Waals surface area contributed by atoms with Gasteiger partial charge in [0, 0.05) is 25.2 Å². The van der Waals surface area contributed by atoms with Gasteiger partial charge in [0.2, 0.25) is 0 Å². The summed E-state index contributed by atoms with van der Waals surface area (Å²) in [5.41, 5.74) is 0. The number of carbonyl (C=O) groups is 3. The van der Waals surface area contributed by atoms with Crippen molar-refractivity contribution in [2.45, 2.75) is 64.7 Å². The van der Waals surface area contributed by atoms with E-state index in [1.807, 2.05) is 0 Å². The van der Waals surface area contributed by atoms with Crippen molar-refractivity contribution < 1.29 is 19.1 Å². The molecule has 0 aromatic rings. The summed E-state index contributed by atoms with van der Waals surface area (Å²) in [7, 11) is 0. The first-order chi connectivity index (χ1) is 9.13. The Morgan fingerprint density at radius 3 is 2.21 bits per heavy atom. The van der Waals surface area contributed by atoms with Crippen LogP contribution in [0.25, 0.3) is 0 Å². The Kier molecular flexibility index (Phi) is 7.38. The third-order valence-electron chi connectivity index (χ3n) is 3.62. The highest BCUT2D eigenvalue weighted by Crippen LogP contribution is 2.25. The topological polar surface area (TPSA) is 60.4 Å². The number of Topliss-reactive ketones (excluding diaryl/α,β-unsaturated/α-hetero) is 2. The van der Waals surface area contributed by atoms with E-state index in [0.717, 1.165) is 25.7 Å². The molecular formula is C15H24O4. The van der Waals surface area contributed by atoms with Crippen molar-refractivity contribution in [3.8, 4) is 0 Å². The lowest BCUT2D eigenvalue weighted by Gasteiger charge is -2.19.